The largest absolute Gasteiger partial charge is 0.356 e. The van der Waals surface area contributed by atoms with Crippen molar-refractivity contribution < 1.29 is 4.79 Å². The second-order valence-corrected chi connectivity index (χ2v) is 5.42. The van der Waals surface area contributed by atoms with Crippen LogP contribution in [0.3, 0.4) is 0 Å². The van der Waals surface area contributed by atoms with Gasteiger partial charge in [0.25, 0.3) is 0 Å². The molecule has 1 aliphatic heterocycles. The fourth-order valence-corrected chi connectivity index (χ4v) is 2.61. The van der Waals surface area contributed by atoms with Gasteiger partial charge in [0, 0.05) is 19.0 Å². The summed E-state index contributed by atoms with van der Waals surface area (Å²) >= 11 is 0. The molecule has 1 aliphatic rings. The van der Waals surface area contributed by atoms with Crippen molar-refractivity contribution in [3.05, 3.63) is 35.4 Å². The Bertz CT molecular complexity index is 417. The lowest BCUT2D eigenvalue weighted by Gasteiger charge is -2.10. The number of carbonyl (C=O) groups is 1. The van der Waals surface area contributed by atoms with Gasteiger partial charge in [-0.05, 0) is 44.7 Å². The summed E-state index contributed by atoms with van der Waals surface area (Å²) in [6.07, 6.45) is 4.99. The predicted octanol–water partition coefficient (Wildman–Crippen LogP) is 2.61. The highest BCUT2D eigenvalue weighted by Gasteiger charge is 2.14. The molecule has 0 radical (unpaired) electrons. The van der Waals surface area contributed by atoms with E-state index >= 15 is 0 Å². The minimum Gasteiger partial charge on any atom is -0.356 e. The number of benzene rings is 1. The monoisotopic (exact) mass is 296 g/mol. The Kier molecular flexibility index (Phi) is 7.63. The summed E-state index contributed by atoms with van der Waals surface area (Å²) in [4.78, 5) is 11.7. The number of hydrogen-bond donors (Lipinski definition) is 2. The van der Waals surface area contributed by atoms with Crippen molar-refractivity contribution in [3.8, 4) is 0 Å². The van der Waals surface area contributed by atoms with Gasteiger partial charge in [-0.3, -0.25) is 4.79 Å². The van der Waals surface area contributed by atoms with Crippen LogP contribution >= 0.6 is 12.4 Å². The standard InChI is InChI=1S/C16H24N2O.ClH/c1-13-4-2-5-14(12-13)9-11-18-16(19)8-7-15-6-3-10-17-15;/h2,4-5,12,15,17H,3,6-11H2,1H3,(H,18,19);1H. The van der Waals surface area contributed by atoms with Gasteiger partial charge in [-0.15, -0.1) is 12.4 Å². The van der Waals surface area contributed by atoms with Crippen molar-refractivity contribution in [1.82, 2.24) is 10.6 Å². The molecule has 0 aromatic heterocycles. The Hall–Kier alpha value is -1.06. The highest BCUT2D eigenvalue weighted by molar-refractivity contribution is 5.85. The zero-order valence-electron chi connectivity index (χ0n) is 12.2. The molecule has 0 bridgehead atoms. The molecule has 2 rings (SSSR count). The second-order valence-electron chi connectivity index (χ2n) is 5.42. The SMILES string of the molecule is Cc1cccc(CCNC(=O)CCC2CCCN2)c1.Cl. The molecule has 1 unspecified atom stereocenters. The molecule has 1 aromatic rings. The Labute approximate surface area is 127 Å². The highest BCUT2D eigenvalue weighted by atomic mass is 35.5. The molecule has 0 aliphatic carbocycles. The van der Waals surface area contributed by atoms with Crippen molar-refractivity contribution >= 4 is 18.3 Å². The molecule has 3 nitrogen and oxygen atoms in total. The van der Waals surface area contributed by atoms with Crippen LogP contribution in [0, 0.1) is 6.92 Å². The summed E-state index contributed by atoms with van der Waals surface area (Å²) in [6.45, 7) is 3.94. The summed E-state index contributed by atoms with van der Waals surface area (Å²) < 4.78 is 0. The van der Waals surface area contributed by atoms with Crippen LogP contribution in [0.1, 0.15) is 36.8 Å². The first-order chi connectivity index (χ1) is 9.24. The molecular weight excluding hydrogens is 272 g/mol. The minimum absolute atomic E-state index is 0. The summed E-state index contributed by atoms with van der Waals surface area (Å²) in [6, 6.07) is 9.01. The van der Waals surface area contributed by atoms with Crippen LogP contribution in [0.2, 0.25) is 0 Å². The Morgan fingerprint density at radius 1 is 1.45 bits per heavy atom. The lowest BCUT2D eigenvalue weighted by molar-refractivity contribution is -0.121. The van der Waals surface area contributed by atoms with Gasteiger partial charge in [0.05, 0.1) is 0 Å². The average Bonchev–Trinajstić information content (AvgIpc) is 2.89. The van der Waals surface area contributed by atoms with E-state index < -0.39 is 0 Å². The third-order valence-electron chi connectivity index (χ3n) is 3.70. The molecule has 4 heteroatoms. The van der Waals surface area contributed by atoms with Gasteiger partial charge in [-0.1, -0.05) is 29.8 Å². The Balaban J connectivity index is 0.00000200. The predicted molar refractivity (Wildman–Crippen MR) is 85.4 cm³/mol. The van der Waals surface area contributed by atoms with E-state index in [1.165, 1.54) is 24.0 Å². The highest BCUT2D eigenvalue weighted by Crippen LogP contribution is 2.10. The van der Waals surface area contributed by atoms with Crippen LogP contribution < -0.4 is 10.6 Å². The maximum absolute atomic E-state index is 11.7. The first-order valence-electron chi connectivity index (χ1n) is 7.29. The number of amides is 1. The van der Waals surface area contributed by atoms with Gasteiger partial charge in [0.15, 0.2) is 0 Å². The van der Waals surface area contributed by atoms with Crippen LogP contribution in [0.5, 0.6) is 0 Å². The molecule has 112 valence electrons. The summed E-state index contributed by atoms with van der Waals surface area (Å²) in [5, 5.41) is 6.43. The van der Waals surface area contributed by atoms with E-state index in [1.54, 1.807) is 0 Å². The maximum atomic E-state index is 11.7. The van der Waals surface area contributed by atoms with Crippen molar-refractivity contribution in [2.24, 2.45) is 0 Å². The molecule has 1 saturated heterocycles. The normalized spacial score (nSPS) is 17.6. The van der Waals surface area contributed by atoms with E-state index in [0.29, 0.717) is 12.5 Å². The molecule has 1 heterocycles. The molecule has 2 N–H and O–H groups in total. The van der Waals surface area contributed by atoms with Gasteiger partial charge < -0.3 is 10.6 Å². The fraction of sp³-hybridized carbons (Fsp3) is 0.562. The van der Waals surface area contributed by atoms with Gasteiger partial charge in [0.1, 0.15) is 0 Å². The van der Waals surface area contributed by atoms with E-state index in [0.717, 1.165) is 25.9 Å². The number of halogens is 1. The van der Waals surface area contributed by atoms with Crippen LogP contribution in [0.25, 0.3) is 0 Å². The van der Waals surface area contributed by atoms with E-state index in [4.69, 9.17) is 0 Å². The zero-order valence-corrected chi connectivity index (χ0v) is 13.0. The molecule has 1 atom stereocenters. The van der Waals surface area contributed by atoms with Crippen molar-refractivity contribution in [2.75, 3.05) is 13.1 Å². The lowest BCUT2D eigenvalue weighted by atomic mass is 10.1. The van der Waals surface area contributed by atoms with Gasteiger partial charge in [0.2, 0.25) is 5.91 Å². The van der Waals surface area contributed by atoms with Crippen LogP contribution in [-0.4, -0.2) is 25.0 Å². The third-order valence-corrected chi connectivity index (χ3v) is 3.70. The average molecular weight is 297 g/mol. The summed E-state index contributed by atoms with van der Waals surface area (Å²) in [5.41, 5.74) is 2.56. The minimum atomic E-state index is 0. The van der Waals surface area contributed by atoms with Crippen molar-refractivity contribution in [1.29, 1.82) is 0 Å². The third kappa shape index (κ3) is 5.93. The zero-order chi connectivity index (χ0) is 13.5. The number of rotatable bonds is 6. The molecule has 0 saturated carbocycles. The second kappa shape index (κ2) is 8.98. The quantitative estimate of drug-likeness (QED) is 0.847. The number of aryl methyl sites for hydroxylation is 1. The lowest BCUT2D eigenvalue weighted by Crippen LogP contribution is -2.28. The number of carbonyl (C=O) groups excluding carboxylic acids is 1. The van der Waals surface area contributed by atoms with Crippen LogP contribution in [0.4, 0.5) is 0 Å². The summed E-state index contributed by atoms with van der Waals surface area (Å²) in [7, 11) is 0. The Morgan fingerprint density at radius 3 is 3.00 bits per heavy atom. The molecule has 1 amide bonds. The van der Waals surface area contributed by atoms with Gasteiger partial charge in [-0.25, -0.2) is 0 Å². The molecular formula is C16H25ClN2O. The van der Waals surface area contributed by atoms with Crippen molar-refractivity contribution in [2.45, 2.75) is 45.1 Å². The van der Waals surface area contributed by atoms with Crippen LogP contribution in [-0.2, 0) is 11.2 Å². The summed E-state index contributed by atoms with van der Waals surface area (Å²) in [5.74, 6) is 0.182. The van der Waals surface area contributed by atoms with Crippen molar-refractivity contribution in [3.63, 3.8) is 0 Å². The number of nitrogens with one attached hydrogen (secondary N) is 2. The van der Waals surface area contributed by atoms with Gasteiger partial charge in [-0.2, -0.15) is 0 Å². The van der Waals surface area contributed by atoms with E-state index in [9.17, 15) is 4.79 Å². The van der Waals surface area contributed by atoms with Crippen LogP contribution in [0.15, 0.2) is 24.3 Å². The van der Waals surface area contributed by atoms with E-state index in [-0.39, 0.29) is 18.3 Å². The smallest absolute Gasteiger partial charge is 0.220 e. The topological polar surface area (TPSA) is 41.1 Å². The first kappa shape index (κ1) is 17.0. The molecule has 1 fully saturated rings. The van der Waals surface area contributed by atoms with E-state index in [1.807, 2.05) is 0 Å². The maximum Gasteiger partial charge on any atom is 0.220 e. The Morgan fingerprint density at radius 2 is 2.30 bits per heavy atom. The fourth-order valence-electron chi connectivity index (χ4n) is 2.61. The first-order valence-corrected chi connectivity index (χ1v) is 7.29. The molecule has 0 spiro atoms. The molecule has 1 aromatic carbocycles. The van der Waals surface area contributed by atoms with E-state index in [2.05, 4.69) is 41.8 Å². The number of hydrogen-bond acceptors (Lipinski definition) is 2. The molecule has 20 heavy (non-hydrogen) atoms. The van der Waals surface area contributed by atoms with Gasteiger partial charge >= 0.3 is 0 Å².